The maximum atomic E-state index is 6.13. The topological polar surface area (TPSA) is 29.3 Å². The first-order valence-electron chi connectivity index (χ1n) is 5.68. The summed E-state index contributed by atoms with van der Waals surface area (Å²) in [5, 5.41) is 2.85. The molecular formula is C12H19ClN2S. The second-order valence-corrected chi connectivity index (χ2v) is 6.76. The van der Waals surface area contributed by atoms with Crippen molar-refractivity contribution < 1.29 is 0 Å². The Hall–Kier alpha value is -0.0900. The molecule has 1 aliphatic heterocycles. The van der Waals surface area contributed by atoms with E-state index in [1.54, 1.807) is 11.3 Å². The molecule has 1 aliphatic rings. The van der Waals surface area contributed by atoms with Crippen molar-refractivity contribution in [3.05, 3.63) is 21.3 Å². The van der Waals surface area contributed by atoms with Crippen molar-refractivity contribution >= 4 is 22.9 Å². The van der Waals surface area contributed by atoms with E-state index in [-0.39, 0.29) is 5.41 Å². The first kappa shape index (κ1) is 12.4. The average molecular weight is 259 g/mol. The molecule has 0 aliphatic carbocycles. The summed E-state index contributed by atoms with van der Waals surface area (Å²) in [6.07, 6.45) is 1.09. The monoisotopic (exact) mass is 258 g/mol. The van der Waals surface area contributed by atoms with E-state index < -0.39 is 0 Å². The lowest BCUT2D eigenvalue weighted by Crippen LogP contribution is -2.51. The number of hydrogen-bond donors (Lipinski definition) is 1. The van der Waals surface area contributed by atoms with Crippen LogP contribution >= 0.6 is 22.9 Å². The number of nitrogens with two attached hydrogens (primary N) is 1. The van der Waals surface area contributed by atoms with Crippen molar-refractivity contribution in [1.82, 2.24) is 4.90 Å². The van der Waals surface area contributed by atoms with Gasteiger partial charge < -0.3 is 5.73 Å². The summed E-state index contributed by atoms with van der Waals surface area (Å²) in [6, 6.07) is 2.39. The molecule has 4 heteroatoms. The van der Waals surface area contributed by atoms with E-state index in [1.807, 2.05) is 5.38 Å². The van der Waals surface area contributed by atoms with Gasteiger partial charge in [0.25, 0.3) is 0 Å². The van der Waals surface area contributed by atoms with Gasteiger partial charge >= 0.3 is 0 Å². The molecule has 0 spiro atoms. The van der Waals surface area contributed by atoms with Crippen LogP contribution in [0.3, 0.4) is 0 Å². The quantitative estimate of drug-likeness (QED) is 0.884. The van der Waals surface area contributed by atoms with Crippen LogP contribution in [0.5, 0.6) is 0 Å². The molecule has 0 bridgehead atoms. The minimum atomic E-state index is 0.222. The Morgan fingerprint density at radius 1 is 1.62 bits per heavy atom. The summed E-state index contributed by atoms with van der Waals surface area (Å²) in [5.74, 6) is 0. The highest BCUT2D eigenvalue weighted by molar-refractivity contribution is 7.10. The van der Waals surface area contributed by atoms with Gasteiger partial charge in [-0.1, -0.05) is 25.4 Å². The minimum Gasteiger partial charge on any atom is -0.327 e. The number of likely N-dealkylation sites (tertiary alicyclic amines) is 1. The van der Waals surface area contributed by atoms with Gasteiger partial charge in [0, 0.05) is 35.9 Å². The first-order valence-corrected chi connectivity index (χ1v) is 6.94. The molecule has 16 heavy (non-hydrogen) atoms. The molecule has 2 N–H and O–H groups in total. The second-order valence-electron chi connectivity index (χ2n) is 5.33. The van der Waals surface area contributed by atoms with Crippen molar-refractivity contribution in [2.45, 2.75) is 32.9 Å². The minimum absolute atomic E-state index is 0.222. The van der Waals surface area contributed by atoms with Crippen LogP contribution in [0, 0.1) is 5.41 Å². The fourth-order valence-corrected chi connectivity index (χ4v) is 3.39. The van der Waals surface area contributed by atoms with Crippen LogP contribution in [0.4, 0.5) is 0 Å². The number of thiophene rings is 1. The molecule has 90 valence electrons. The third-order valence-corrected chi connectivity index (χ3v) is 4.66. The molecule has 1 saturated heterocycles. The maximum Gasteiger partial charge on any atom is 0.0516 e. The van der Waals surface area contributed by atoms with Gasteiger partial charge in [-0.05, 0) is 17.9 Å². The van der Waals surface area contributed by atoms with Crippen LogP contribution < -0.4 is 5.73 Å². The predicted octanol–water partition coefficient (Wildman–Crippen LogP) is 2.96. The Balaban J connectivity index is 1.97. The standard InChI is InChI=1S/C12H19ClN2S/c1-12(2)8-15(4-3-11(12)14)6-10-5-9(13)7-16-10/h5,7,11H,3-4,6,8,14H2,1-2H3. The van der Waals surface area contributed by atoms with Crippen LogP contribution in [0.15, 0.2) is 11.4 Å². The molecule has 2 heterocycles. The van der Waals surface area contributed by atoms with Crippen molar-refractivity contribution in [3.63, 3.8) is 0 Å². The zero-order valence-electron chi connectivity index (χ0n) is 9.87. The van der Waals surface area contributed by atoms with Crippen molar-refractivity contribution in [2.24, 2.45) is 11.1 Å². The number of hydrogen-bond acceptors (Lipinski definition) is 3. The van der Waals surface area contributed by atoms with E-state index in [4.69, 9.17) is 17.3 Å². The number of halogens is 1. The van der Waals surface area contributed by atoms with E-state index in [0.717, 1.165) is 31.1 Å². The molecule has 1 aromatic rings. The van der Waals surface area contributed by atoms with Gasteiger partial charge in [0.05, 0.1) is 5.02 Å². The molecule has 0 radical (unpaired) electrons. The average Bonchev–Trinajstić information content (AvgIpc) is 2.57. The lowest BCUT2D eigenvalue weighted by molar-refractivity contribution is 0.0907. The summed E-state index contributed by atoms with van der Waals surface area (Å²) in [7, 11) is 0. The fraction of sp³-hybridized carbons (Fsp3) is 0.667. The van der Waals surface area contributed by atoms with Crippen LogP contribution in [-0.4, -0.2) is 24.0 Å². The summed E-state index contributed by atoms with van der Waals surface area (Å²) in [6.45, 7) is 7.69. The van der Waals surface area contributed by atoms with Gasteiger partial charge in [0.2, 0.25) is 0 Å². The normalized spacial score (nSPS) is 25.9. The lowest BCUT2D eigenvalue weighted by atomic mass is 9.80. The zero-order valence-corrected chi connectivity index (χ0v) is 11.4. The van der Waals surface area contributed by atoms with E-state index in [2.05, 4.69) is 24.8 Å². The van der Waals surface area contributed by atoms with Gasteiger partial charge in [-0.3, -0.25) is 4.90 Å². The van der Waals surface area contributed by atoms with Crippen LogP contribution in [0.25, 0.3) is 0 Å². The van der Waals surface area contributed by atoms with Crippen molar-refractivity contribution in [3.8, 4) is 0 Å². The third-order valence-electron chi connectivity index (χ3n) is 3.39. The molecular weight excluding hydrogens is 240 g/mol. The first-order chi connectivity index (χ1) is 7.47. The van der Waals surface area contributed by atoms with Crippen LogP contribution in [0.2, 0.25) is 5.02 Å². The molecule has 0 saturated carbocycles. The van der Waals surface area contributed by atoms with Crippen molar-refractivity contribution in [2.75, 3.05) is 13.1 Å². The Bertz CT molecular complexity index is 362. The van der Waals surface area contributed by atoms with E-state index in [9.17, 15) is 0 Å². The smallest absolute Gasteiger partial charge is 0.0516 e. The summed E-state index contributed by atoms with van der Waals surface area (Å²) in [4.78, 5) is 3.82. The molecule has 2 rings (SSSR count). The second kappa shape index (κ2) is 4.65. The highest BCUT2D eigenvalue weighted by atomic mass is 35.5. The van der Waals surface area contributed by atoms with E-state index in [1.165, 1.54) is 4.88 Å². The van der Waals surface area contributed by atoms with Gasteiger partial charge in [0.1, 0.15) is 0 Å². The molecule has 1 unspecified atom stereocenters. The van der Waals surface area contributed by atoms with Crippen LogP contribution in [0.1, 0.15) is 25.1 Å². The number of nitrogens with zero attached hydrogens (tertiary/aromatic N) is 1. The molecule has 1 aromatic heterocycles. The SMILES string of the molecule is CC1(C)CN(Cc2cc(Cl)cs2)CCC1N. The fourth-order valence-electron chi connectivity index (χ4n) is 2.28. The van der Waals surface area contributed by atoms with Gasteiger partial charge in [-0.15, -0.1) is 11.3 Å². The molecule has 0 amide bonds. The summed E-state index contributed by atoms with van der Waals surface area (Å²) < 4.78 is 0. The summed E-state index contributed by atoms with van der Waals surface area (Å²) in [5.41, 5.74) is 6.35. The molecule has 1 fully saturated rings. The largest absolute Gasteiger partial charge is 0.327 e. The highest BCUT2D eigenvalue weighted by Crippen LogP contribution is 2.29. The predicted molar refractivity (Wildman–Crippen MR) is 71.0 cm³/mol. The summed E-state index contributed by atoms with van der Waals surface area (Å²) >= 11 is 7.67. The Morgan fingerprint density at radius 3 is 2.94 bits per heavy atom. The Labute approximate surface area is 106 Å². The van der Waals surface area contributed by atoms with E-state index >= 15 is 0 Å². The number of piperidine rings is 1. The lowest BCUT2D eigenvalue weighted by Gasteiger charge is -2.42. The third kappa shape index (κ3) is 2.77. The highest BCUT2D eigenvalue weighted by Gasteiger charge is 2.33. The van der Waals surface area contributed by atoms with Crippen molar-refractivity contribution in [1.29, 1.82) is 0 Å². The van der Waals surface area contributed by atoms with Crippen LogP contribution in [-0.2, 0) is 6.54 Å². The van der Waals surface area contributed by atoms with Gasteiger partial charge in [-0.25, -0.2) is 0 Å². The molecule has 0 aromatic carbocycles. The van der Waals surface area contributed by atoms with Gasteiger partial charge in [0.15, 0.2) is 0 Å². The van der Waals surface area contributed by atoms with E-state index in [0.29, 0.717) is 6.04 Å². The van der Waals surface area contributed by atoms with Gasteiger partial charge in [-0.2, -0.15) is 0 Å². The molecule has 2 nitrogen and oxygen atoms in total. The maximum absolute atomic E-state index is 6.13. The molecule has 1 atom stereocenters. The Morgan fingerprint density at radius 2 is 2.38 bits per heavy atom. The number of rotatable bonds is 2. The zero-order chi connectivity index (χ0) is 11.8. The Kier molecular flexibility index (Phi) is 3.59.